The van der Waals surface area contributed by atoms with Crippen molar-refractivity contribution >= 4 is 5.91 Å². The minimum Gasteiger partial charge on any atom is -0.481 e. The summed E-state index contributed by atoms with van der Waals surface area (Å²) in [4.78, 5) is 12.5. The van der Waals surface area contributed by atoms with Crippen LogP contribution < -0.4 is 15.4 Å². The highest BCUT2D eigenvalue weighted by Gasteiger charge is 2.34. The molecule has 0 aromatic heterocycles. The summed E-state index contributed by atoms with van der Waals surface area (Å²) >= 11 is 0. The first kappa shape index (κ1) is 17.3. The normalized spacial score (nSPS) is 27.6. The second kappa shape index (κ2) is 6.75. The van der Waals surface area contributed by atoms with Crippen LogP contribution in [-0.2, 0) is 10.2 Å². The van der Waals surface area contributed by atoms with Gasteiger partial charge in [-0.1, -0.05) is 32.9 Å². The Hall–Kier alpha value is -1.55. The van der Waals surface area contributed by atoms with E-state index in [1.54, 1.807) is 0 Å². The molecule has 2 N–H and O–H groups in total. The molecule has 1 aromatic rings. The molecule has 3 unspecified atom stereocenters. The Morgan fingerprint density at radius 1 is 1.25 bits per heavy atom. The maximum absolute atomic E-state index is 12.5. The average Bonchev–Trinajstić information content (AvgIpc) is 2.85. The molecule has 3 atom stereocenters. The fraction of sp³-hybridized carbons (Fsp3) is 0.650. The Kier molecular flexibility index (Phi) is 4.86. The summed E-state index contributed by atoms with van der Waals surface area (Å²) in [5.41, 5.74) is 1.28. The van der Waals surface area contributed by atoms with Gasteiger partial charge in [0.15, 0.2) is 6.10 Å². The SMILES string of the molecule is CC(Oc1cccc(C(C)(C)C)c1)C(=O)NC1CC2CCC(C1)N2. The van der Waals surface area contributed by atoms with Gasteiger partial charge in [-0.2, -0.15) is 0 Å². The van der Waals surface area contributed by atoms with Crippen molar-refractivity contribution < 1.29 is 9.53 Å². The van der Waals surface area contributed by atoms with Crippen LogP contribution in [0.2, 0.25) is 0 Å². The van der Waals surface area contributed by atoms with Gasteiger partial charge in [-0.25, -0.2) is 0 Å². The van der Waals surface area contributed by atoms with Crippen molar-refractivity contribution in [3.05, 3.63) is 29.8 Å². The summed E-state index contributed by atoms with van der Waals surface area (Å²) < 4.78 is 5.90. The molecule has 4 heteroatoms. The van der Waals surface area contributed by atoms with Gasteiger partial charge >= 0.3 is 0 Å². The number of carbonyl (C=O) groups excluding carboxylic acids is 1. The molecular weight excluding hydrogens is 300 g/mol. The molecule has 0 aliphatic carbocycles. The highest BCUT2D eigenvalue weighted by atomic mass is 16.5. The van der Waals surface area contributed by atoms with E-state index in [-0.39, 0.29) is 17.4 Å². The van der Waals surface area contributed by atoms with E-state index in [4.69, 9.17) is 4.74 Å². The van der Waals surface area contributed by atoms with Gasteiger partial charge in [-0.05, 0) is 55.7 Å². The largest absolute Gasteiger partial charge is 0.481 e. The van der Waals surface area contributed by atoms with E-state index in [1.165, 1.54) is 18.4 Å². The summed E-state index contributed by atoms with van der Waals surface area (Å²) in [6, 6.07) is 9.48. The predicted molar refractivity (Wildman–Crippen MR) is 96.3 cm³/mol. The third-order valence-corrected chi connectivity index (χ3v) is 5.20. The van der Waals surface area contributed by atoms with Gasteiger partial charge in [0.2, 0.25) is 0 Å². The van der Waals surface area contributed by atoms with E-state index in [0.717, 1.165) is 18.6 Å². The number of amides is 1. The Balaban J connectivity index is 1.56. The van der Waals surface area contributed by atoms with Crippen LogP contribution in [0.25, 0.3) is 0 Å². The van der Waals surface area contributed by atoms with Crippen LogP contribution in [0, 0.1) is 0 Å². The first-order valence-corrected chi connectivity index (χ1v) is 9.15. The third kappa shape index (κ3) is 4.10. The van der Waals surface area contributed by atoms with E-state index < -0.39 is 6.10 Å². The van der Waals surface area contributed by atoms with Gasteiger partial charge < -0.3 is 15.4 Å². The van der Waals surface area contributed by atoms with Crippen LogP contribution in [-0.4, -0.2) is 30.1 Å². The Morgan fingerprint density at radius 3 is 2.54 bits per heavy atom. The summed E-state index contributed by atoms with van der Waals surface area (Å²) in [6.45, 7) is 8.35. The minimum atomic E-state index is -0.479. The van der Waals surface area contributed by atoms with Crippen LogP contribution in [0.5, 0.6) is 5.75 Å². The maximum atomic E-state index is 12.5. The predicted octanol–water partition coefficient (Wildman–Crippen LogP) is 3.15. The van der Waals surface area contributed by atoms with Crippen molar-refractivity contribution in [2.45, 2.75) is 83.0 Å². The van der Waals surface area contributed by atoms with Crippen LogP contribution in [0.15, 0.2) is 24.3 Å². The number of nitrogens with one attached hydrogen (secondary N) is 2. The highest BCUT2D eigenvalue weighted by Crippen LogP contribution is 2.28. The molecule has 2 bridgehead atoms. The number of carbonyl (C=O) groups is 1. The van der Waals surface area contributed by atoms with E-state index in [1.807, 2.05) is 25.1 Å². The average molecular weight is 330 g/mol. The van der Waals surface area contributed by atoms with Gasteiger partial charge in [0.25, 0.3) is 5.91 Å². The molecule has 2 aliphatic heterocycles. The summed E-state index contributed by atoms with van der Waals surface area (Å²) in [7, 11) is 0. The van der Waals surface area contributed by atoms with Crippen LogP contribution in [0.1, 0.15) is 58.9 Å². The monoisotopic (exact) mass is 330 g/mol. The quantitative estimate of drug-likeness (QED) is 0.892. The molecule has 1 amide bonds. The van der Waals surface area contributed by atoms with E-state index >= 15 is 0 Å². The second-order valence-electron chi connectivity index (χ2n) is 8.35. The zero-order valence-electron chi connectivity index (χ0n) is 15.3. The summed E-state index contributed by atoms with van der Waals surface area (Å²) in [5, 5.41) is 6.78. The molecule has 3 rings (SSSR count). The Labute approximate surface area is 145 Å². The third-order valence-electron chi connectivity index (χ3n) is 5.20. The lowest BCUT2D eigenvalue weighted by molar-refractivity contribution is -0.128. The number of rotatable bonds is 4. The molecule has 0 saturated carbocycles. The molecule has 4 nitrogen and oxygen atoms in total. The van der Waals surface area contributed by atoms with Gasteiger partial charge in [0.1, 0.15) is 5.75 Å². The fourth-order valence-corrected chi connectivity index (χ4v) is 3.79. The van der Waals surface area contributed by atoms with Gasteiger partial charge in [0, 0.05) is 18.1 Å². The Bertz CT molecular complexity index is 582. The number of ether oxygens (including phenoxy) is 1. The lowest BCUT2D eigenvalue weighted by Crippen LogP contribution is -2.50. The summed E-state index contributed by atoms with van der Waals surface area (Å²) in [5.74, 6) is 0.748. The molecule has 2 saturated heterocycles. The molecule has 0 radical (unpaired) electrons. The lowest BCUT2D eigenvalue weighted by atomic mass is 9.87. The molecule has 1 aromatic carbocycles. The standard InChI is InChI=1S/C20H30N2O2/c1-13(24-18-7-5-6-14(10-18)20(2,3)4)19(23)22-17-11-15-8-9-16(12-17)21-15/h5-7,10,13,15-17,21H,8-9,11-12H2,1-4H3,(H,22,23). The first-order valence-electron chi connectivity index (χ1n) is 9.15. The van der Waals surface area contributed by atoms with Crippen molar-refractivity contribution in [1.29, 1.82) is 0 Å². The number of fused-ring (bicyclic) bond motifs is 2. The van der Waals surface area contributed by atoms with E-state index in [0.29, 0.717) is 12.1 Å². The molecule has 2 fully saturated rings. The number of hydrogen-bond donors (Lipinski definition) is 2. The van der Waals surface area contributed by atoms with E-state index in [9.17, 15) is 4.79 Å². The smallest absolute Gasteiger partial charge is 0.260 e. The molecular formula is C20H30N2O2. The van der Waals surface area contributed by atoms with Gasteiger partial charge in [-0.15, -0.1) is 0 Å². The zero-order valence-corrected chi connectivity index (χ0v) is 15.3. The Morgan fingerprint density at radius 2 is 1.92 bits per heavy atom. The molecule has 0 spiro atoms. The van der Waals surface area contributed by atoms with Crippen molar-refractivity contribution in [1.82, 2.24) is 10.6 Å². The topological polar surface area (TPSA) is 50.4 Å². The number of piperidine rings is 1. The van der Waals surface area contributed by atoms with Crippen molar-refractivity contribution in [3.8, 4) is 5.75 Å². The minimum absolute atomic E-state index is 0.0116. The van der Waals surface area contributed by atoms with Crippen LogP contribution in [0.4, 0.5) is 0 Å². The summed E-state index contributed by atoms with van der Waals surface area (Å²) in [6.07, 6.45) is 4.07. The first-order chi connectivity index (χ1) is 11.3. The number of benzene rings is 1. The van der Waals surface area contributed by atoms with E-state index in [2.05, 4.69) is 37.5 Å². The van der Waals surface area contributed by atoms with Crippen molar-refractivity contribution in [2.75, 3.05) is 0 Å². The fourth-order valence-electron chi connectivity index (χ4n) is 3.79. The van der Waals surface area contributed by atoms with Crippen molar-refractivity contribution in [3.63, 3.8) is 0 Å². The number of hydrogen-bond acceptors (Lipinski definition) is 3. The highest BCUT2D eigenvalue weighted by molar-refractivity contribution is 5.81. The molecule has 132 valence electrons. The molecule has 24 heavy (non-hydrogen) atoms. The van der Waals surface area contributed by atoms with Crippen molar-refractivity contribution in [2.24, 2.45) is 0 Å². The second-order valence-corrected chi connectivity index (χ2v) is 8.35. The van der Waals surface area contributed by atoms with Crippen LogP contribution in [0.3, 0.4) is 0 Å². The van der Waals surface area contributed by atoms with Crippen LogP contribution >= 0.6 is 0 Å². The molecule has 2 heterocycles. The zero-order chi connectivity index (χ0) is 17.3. The van der Waals surface area contributed by atoms with Gasteiger partial charge in [-0.3, -0.25) is 4.79 Å². The van der Waals surface area contributed by atoms with Gasteiger partial charge in [0.05, 0.1) is 0 Å². The lowest BCUT2D eigenvalue weighted by Gasteiger charge is -2.30. The maximum Gasteiger partial charge on any atom is 0.260 e. The molecule has 2 aliphatic rings.